The predicted octanol–water partition coefficient (Wildman–Crippen LogP) is 1.77. The molecule has 1 aliphatic heterocycles. The number of nitrogens with one attached hydrogen (secondary N) is 2. The Labute approximate surface area is 144 Å². The van der Waals surface area contributed by atoms with Crippen molar-refractivity contribution in [1.29, 1.82) is 5.26 Å². The van der Waals surface area contributed by atoms with Gasteiger partial charge in [-0.25, -0.2) is 4.79 Å². The van der Waals surface area contributed by atoms with E-state index in [1.54, 1.807) is 25.7 Å². The highest BCUT2D eigenvalue weighted by Gasteiger charge is 2.22. The van der Waals surface area contributed by atoms with Crippen LogP contribution in [0.2, 0.25) is 0 Å². The summed E-state index contributed by atoms with van der Waals surface area (Å²) in [5, 5.41) is 14.6. The lowest BCUT2D eigenvalue weighted by Crippen LogP contribution is -2.39. The van der Waals surface area contributed by atoms with Gasteiger partial charge in [0.2, 0.25) is 0 Å². The second kappa shape index (κ2) is 9.16. The Balaban J connectivity index is 2.35. The van der Waals surface area contributed by atoms with Crippen LogP contribution in [0.1, 0.15) is 40.5 Å². The summed E-state index contributed by atoms with van der Waals surface area (Å²) in [5.41, 5.74) is -0.453. The van der Waals surface area contributed by atoms with Gasteiger partial charge in [-0.15, -0.1) is 0 Å². The number of nitriles is 1. The van der Waals surface area contributed by atoms with Crippen LogP contribution in [0.3, 0.4) is 0 Å². The van der Waals surface area contributed by atoms with Crippen molar-refractivity contribution >= 4 is 12.0 Å². The maximum atomic E-state index is 12.3. The molecule has 0 atom stereocenters. The van der Waals surface area contributed by atoms with Crippen LogP contribution < -0.4 is 10.6 Å². The number of hydrogen-bond acceptors (Lipinski definition) is 5. The molecule has 0 radical (unpaired) electrons. The molecule has 1 rings (SSSR count). The monoisotopic (exact) mass is 336 g/mol. The summed E-state index contributed by atoms with van der Waals surface area (Å²) in [7, 11) is 0. The van der Waals surface area contributed by atoms with Gasteiger partial charge in [-0.1, -0.05) is 6.92 Å². The van der Waals surface area contributed by atoms with Crippen LogP contribution in [0, 0.1) is 17.2 Å². The van der Waals surface area contributed by atoms with Crippen LogP contribution in [0.15, 0.2) is 11.8 Å². The van der Waals surface area contributed by atoms with E-state index in [2.05, 4.69) is 17.6 Å². The maximum absolute atomic E-state index is 12.3. The summed E-state index contributed by atoms with van der Waals surface area (Å²) < 4.78 is 5.11. The Kier molecular flexibility index (Phi) is 7.56. The molecule has 134 valence electrons. The average Bonchev–Trinajstić information content (AvgIpc) is 2.49. The molecule has 1 heterocycles. The smallest absolute Gasteiger partial charge is 0.407 e. The van der Waals surface area contributed by atoms with Gasteiger partial charge < -0.3 is 20.3 Å². The summed E-state index contributed by atoms with van der Waals surface area (Å²) in [6.07, 6.45) is 2.86. The third kappa shape index (κ3) is 7.36. The largest absolute Gasteiger partial charge is 0.444 e. The number of carbonyl (C=O) groups excluding carboxylic acids is 2. The summed E-state index contributed by atoms with van der Waals surface area (Å²) in [4.78, 5) is 25.5. The minimum atomic E-state index is -0.538. The molecule has 7 nitrogen and oxygen atoms in total. The first-order valence-corrected chi connectivity index (χ1v) is 8.32. The number of piperidine rings is 1. The van der Waals surface area contributed by atoms with Crippen molar-refractivity contribution in [3.05, 3.63) is 11.8 Å². The third-order valence-electron chi connectivity index (χ3n) is 3.61. The zero-order valence-electron chi connectivity index (χ0n) is 15.0. The van der Waals surface area contributed by atoms with Gasteiger partial charge in [0, 0.05) is 32.4 Å². The second-order valence-corrected chi connectivity index (χ2v) is 7.03. The van der Waals surface area contributed by atoms with Gasteiger partial charge in [0.1, 0.15) is 17.2 Å². The first-order chi connectivity index (χ1) is 11.2. The van der Waals surface area contributed by atoms with E-state index in [1.807, 2.05) is 6.07 Å². The van der Waals surface area contributed by atoms with Crippen molar-refractivity contribution in [1.82, 2.24) is 15.5 Å². The van der Waals surface area contributed by atoms with E-state index in [-0.39, 0.29) is 11.5 Å². The second-order valence-electron chi connectivity index (χ2n) is 7.03. The van der Waals surface area contributed by atoms with E-state index in [9.17, 15) is 9.59 Å². The van der Waals surface area contributed by atoms with Gasteiger partial charge in [-0.3, -0.25) is 4.79 Å². The molecule has 0 bridgehead atoms. The van der Waals surface area contributed by atoms with Crippen LogP contribution in [-0.2, 0) is 9.53 Å². The molecule has 24 heavy (non-hydrogen) atoms. The molecule has 1 saturated heterocycles. The van der Waals surface area contributed by atoms with E-state index in [1.165, 1.54) is 6.20 Å². The topological polar surface area (TPSA) is 94.5 Å². The number of rotatable bonds is 5. The lowest BCUT2D eigenvalue weighted by Gasteiger charge is -2.30. The van der Waals surface area contributed by atoms with Gasteiger partial charge in [0.05, 0.1) is 0 Å². The quantitative estimate of drug-likeness (QED) is 0.453. The molecular formula is C17H28N4O3. The van der Waals surface area contributed by atoms with E-state index >= 15 is 0 Å². The molecule has 0 spiro atoms. The van der Waals surface area contributed by atoms with Gasteiger partial charge in [0.25, 0.3) is 5.91 Å². The first kappa shape index (κ1) is 19.8. The van der Waals surface area contributed by atoms with Gasteiger partial charge in [0.15, 0.2) is 0 Å². The standard InChI is InChI=1S/C17H28N4O3/c1-13-5-9-21(10-6-13)15(22)14(11-18)12-19-7-8-20-16(23)24-17(2,3)4/h12-13,19H,5-10H2,1-4H3,(H,20,23)/b14-12-. The molecule has 1 aliphatic rings. The van der Waals surface area contributed by atoms with Crippen LogP contribution in [0.4, 0.5) is 4.79 Å². The van der Waals surface area contributed by atoms with Crippen molar-refractivity contribution in [2.45, 2.75) is 46.1 Å². The minimum Gasteiger partial charge on any atom is -0.444 e. The predicted molar refractivity (Wildman–Crippen MR) is 90.9 cm³/mol. The highest BCUT2D eigenvalue weighted by atomic mass is 16.6. The molecule has 1 fully saturated rings. The van der Waals surface area contributed by atoms with Crippen molar-refractivity contribution in [3.8, 4) is 6.07 Å². The number of carbonyl (C=O) groups is 2. The van der Waals surface area contributed by atoms with Gasteiger partial charge in [-0.2, -0.15) is 5.26 Å². The molecule has 7 heteroatoms. The lowest BCUT2D eigenvalue weighted by atomic mass is 9.99. The van der Waals surface area contributed by atoms with Gasteiger partial charge >= 0.3 is 6.09 Å². The molecule has 0 aromatic carbocycles. The van der Waals surface area contributed by atoms with Crippen LogP contribution in [0.25, 0.3) is 0 Å². The molecule has 0 aromatic rings. The zero-order chi connectivity index (χ0) is 18.2. The number of alkyl carbamates (subject to hydrolysis) is 1. The number of ether oxygens (including phenoxy) is 1. The van der Waals surface area contributed by atoms with Crippen molar-refractivity contribution in [3.63, 3.8) is 0 Å². The highest BCUT2D eigenvalue weighted by Crippen LogP contribution is 2.17. The Morgan fingerprint density at radius 1 is 1.29 bits per heavy atom. The zero-order valence-corrected chi connectivity index (χ0v) is 15.0. The van der Waals surface area contributed by atoms with E-state index in [0.717, 1.165) is 12.8 Å². The third-order valence-corrected chi connectivity index (χ3v) is 3.61. The SMILES string of the molecule is CC1CCN(C(=O)/C(C#N)=C\NCCNC(=O)OC(C)(C)C)CC1. The van der Waals surface area contributed by atoms with Crippen LogP contribution in [-0.4, -0.2) is 48.7 Å². The number of amides is 2. The lowest BCUT2D eigenvalue weighted by molar-refractivity contribution is -0.128. The molecule has 0 saturated carbocycles. The highest BCUT2D eigenvalue weighted by molar-refractivity contribution is 5.97. The molecule has 0 unspecified atom stereocenters. The fourth-order valence-corrected chi connectivity index (χ4v) is 2.25. The molecule has 0 aliphatic carbocycles. The van der Waals surface area contributed by atoms with Gasteiger partial charge in [-0.05, 0) is 39.5 Å². The normalized spacial score (nSPS) is 16.3. The Morgan fingerprint density at radius 2 is 1.92 bits per heavy atom. The summed E-state index contributed by atoms with van der Waals surface area (Å²) in [5.74, 6) is 0.387. The molecular weight excluding hydrogens is 308 g/mol. The fraction of sp³-hybridized carbons (Fsp3) is 0.706. The maximum Gasteiger partial charge on any atom is 0.407 e. The molecule has 0 aromatic heterocycles. The first-order valence-electron chi connectivity index (χ1n) is 8.32. The fourth-order valence-electron chi connectivity index (χ4n) is 2.25. The average molecular weight is 336 g/mol. The van der Waals surface area contributed by atoms with E-state index in [4.69, 9.17) is 10.00 Å². The number of nitrogens with zero attached hydrogens (tertiary/aromatic N) is 2. The number of likely N-dealkylation sites (tertiary alicyclic amines) is 1. The van der Waals surface area contributed by atoms with Crippen molar-refractivity contribution < 1.29 is 14.3 Å². The Hall–Kier alpha value is -2.23. The minimum absolute atomic E-state index is 0.0850. The van der Waals surface area contributed by atoms with E-state index in [0.29, 0.717) is 32.1 Å². The Bertz CT molecular complexity index is 509. The van der Waals surface area contributed by atoms with Crippen molar-refractivity contribution in [2.24, 2.45) is 5.92 Å². The van der Waals surface area contributed by atoms with E-state index < -0.39 is 11.7 Å². The summed E-state index contributed by atoms with van der Waals surface area (Å²) >= 11 is 0. The molecule has 2 N–H and O–H groups in total. The van der Waals surface area contributed by atoms with Crippen LogP contribution >= 0.6 is 0 Å². The Morgan fingerprint density at radius 3 is 2.46 bits per heavy atom. The van der Waals surface area contributed by atoms with Crippen molar-refractivity contribution in [2.75, 3.05) is 26.2 Å². The molecule has 2 amide bonds. The number of hydrogen-bond donors (Lipinski definition) is 2. The van der Waals surface area contributed by atoms with Crippen LogP contribution in [0.5, 0.6) is 0 Å². The summed E-state index contributed by atoms with van der Waals surface area (Å²) in [6, 6.07) is 1.94. The summed E-state index contributed by atoms with van der Waals surface area (Å²) in [6.45, 7) is 9.66.